The van der Waals surface area contributed by atoms with Gasteiger partial charge < -0.3 is 19.1 Å². The number of carbonyl (C=O) groups is 3. The van der Waals surface area contributed by atoms with Gasteiger partial charge in [-0.15, -0.1) is 0 Å². The van der Waals surface area contributed by atoms with Crippen molar-refractivity contribution in [3.63, 3.8) is 0 Å². The second-order valence-corrected chi connectivity index (χ2v) is 6.27. The van der Waals surface area contributed by atoms with Gasteiger partial charge in [0.2, 0.25) is 0 Å². The third-order valence-electron chi connectivity index (χ3n) is 3.42. The third kappa shape index (κ3) is 3.42. The summed E-state index contributed by atoms with van der Waals surface area (Å²) in [6.07, 6.45) is -1.98. The summed E-state index contributed by atoms with van der Waals surface area (Å²) >= 11 is 0. The average molecular weight is 314 g/mol. The Labute approximate surface area is 129 Å². The van der Waals surface area contributed by atoms with E-state index in [0.717, 1.165) is 4.90 Å². The third-order valence-corrected chi connectivity index (χ3v) is 3.42. The highest BCUT2D eigenvalue weighted by Crippen LogP contribution is 2.29. The molecule has 0 bridgehead atoms. The Morgan fingerprint density at radius 3 is 2.59 bits per heavy atom. The Balaban J connectivity index is 2.03. The van der Waals surface area contributed by atoms with E-state index in [-0.39, 0.29) is 13.2 Å². The maximum absolute atomic E-state index is 12.1. The molecule has 2 atom stereocenters. The molecule has 0 aromatic carbocycles. The number of ether oxygens (including phenoxy) is 3. The molecule has 0 N–H and O–H groups in total. The van der Waals surface area contributed by atoms with Crippen LogP contribution in [0.2, 0.25) is 0 Å². The smallest absolute Gasteiger partial charge is 0.420 e. The maximum atomic E-state index is 12.1. The fourth-order valence-electron chi connectivity index (χ4n) is 2.54. The number of hydrogen-bond donors (Lipinski definition) is 0. The van der Waals surface area contributed by atoms with Gasteiger partial charge in [-0.05, 0) is 34.1 Å². The van der Waals surface area contributed by atoms with Crippen LogP contribution in [0.5, 0.6) is 0 Å². The Kier molecular flexibility index (Phi) is 4.48. The van der Waals surface area contributed by atoms with E-state index in [2.05, 4.69) is 0 Å². The Bertz CT molecular complexity index is 472. The Morgan fingerprint density at radius 1 is 1.32 bits per heavy atom. The van der Waals surface area contributed by atoms with E-state index >= 15 is 0 Å². The number of carbonyl (C=O) groups excluding carboxylic acids is 3. The molecule has 2 rings (SSSR count). The lowest BCUT2D eigenvalue weighted by molar-refractivity contribution is 0.0222. The van der Waals surface area contributed by atoms with Crippen molar-refractivity contribution in [3.05, 3.63) is 0 Å². The van der Waals surface area contributed by atoms with E-state index in [0.29, 0.717) is 13.0 Å². The standard InChI is InChI=1S/C14H22N2O6/c1-5-20-11(17)15-7-6-9-10(8-15)21-12(18)16(9)13(19)22-14(2,3)4/h9-10H,5-8H2,1-4H3/t9-,10+/m1/s1. The summed E-state index contributed by atoms with van der Waals surface area (Å²) in [7, 11) is 0. The maximum Gasteiger partial charge on any atom is 0.420 e. The molecule has 8 nitrogen and oxygen atoms in total. The Hall–Kier alpha value is -1.99. The van der Waals surface area contributed by atoms with E-state index in [9.17, 15) is 14.4 Å². The number of likely N-dealkylation sites (tertiary alicyclic amines) is 1. The van der Waals surface area contributed by atoms with E-state index < -0.39 is 36.0 Å². The van der Waals surface area contributed by atoms with Crippen LogP contribution in [-0.2, 0) is 14.2 Å². The van der Waals surface area contributed by atoms with Crippen LogP contribution >= 0.6 is 0 Å². The van der Waals surface area contributed by atoms with Crippen molar-refractivity contribution in [1.82, 2.24) is 9.80 Å². The van der Waals surface area contributed by atoms with Gasteiger partial charge in [-0.3, -0.25) is 0 Å². The summed E-state index contributed by atoms with van der Waals surface area (Å²) in [6, 6.07) is -0.409. The highest BCUT2D eigenvalue weighted by molar-refractivity contribution is 5.90. The molecule has 0 unspecified atom stereocenters. The zero-order valence-corrected chi connectivity index (χ0v) is 13.3. The first kappa shape index (κ1) is 16.4. The lowest BCUT2D eigenvalue weighted by Crippen LogP contribution is -2.53. The highest BCUT2D eigenvalue weighted by atomic mass is 16.6. The first-order chi connectivity index (χ1) is 10.2. The zero-order valence-electron chi connectivity index (χ0n) is 13.3. The van der Waals surface area contributed by atoms with E-state index in [1.54, 1.807) is 27.7 Å². The molecule has 22 heavy (non-hydrogen) atoms. The Morgan fingerprint density at radius 2 is 2.00 bits per heavy atom. The van der Waals surface area contributed by atoms with Crippen LogP contribution in [0.15, 0.2) is 0 Å². The first-order valence-electron chi connectivity index (χ1n) is 7.37. The summed E-state index contributed by atoms with van der Waals surface area (Å²) in [6.45, 7) is 7.82. The normalized spacial score (nSPS) is 24.6. The van der Waals surface area contributed by atoms with Gasteiger partial charge in [-0.1, -0.05) is 0 Å². The van der Waals surface area contributed by atoms with Crippen molar-refractivity contribution in [2.75, 3.05) is 19.7 Å². The van der Waals surface area contributed by atoms with Crippen molar-refractivity contribution < 1.29 is 28.6 Å². The van der Waals surface area contributed by atoms with Crippen LogP contribution in [0.3, 0.4) is 0 Å². The molecule has 124 valence electrons. The topological polar surface area (TPSA) is 85.4 Å². The predicted octanol–water partition coefficient (Wildman–Crippen LogP) is 1.97. The van der Waals surface area contributed by atoms with Crippen molar-refractivity contribution in [1.29, 1.82) is 0 Å². The van der Waals surface area contributed by atoms with Gasteiger partial charge in [0.1, 0.15) is 11.7 Å². The molecule has 2 saturated heterocycles. The van der Waals surface area contributed by atoms with E-state index in [1.165, 1.54) is 4.90 Å². The quantitative estimate of drug-likeness (QED) is 0.688. The molecule has 0 saturated carbocycles. The molecule has 0 aliphatic carbocycles. The first-order valence-corrected chi connectivity index (χ1v) is 7.37. The second kappa shape index (κ2) is 6.02. The molecule has 2 aliphatic rings. The molecule has 3 amide bonds. The number of hydrogen-bond acceptors (Lipinski definition) is 6. The lowest BCUT2D eigenvalue weighted by atomic mass is 10.0. The van der Waals surface area contributed by atoms with Crippen LogP contribution in [0.1, 0.15) is 34.1 Å². The van der Waals surface area contributed by atoms with Crippen molar-refractivity contribution in [2.45, 2.75) is 51.9 Å². The molecule has 2 aliphatic heterocycles. The van der Waals surface area contributed by atoms with Crippen LogP contribution in [-0.4, -0.2) is 65.5 Å². The van der Waals surface area contributed by atoms with Gasteiger partial charge >= 0.3 is 18.3 Å². The lowest BCUT2D eigenvalue weighted by Gasteiger charge is -2.34. The SMILES string of the molecule is CCOC(=O)N1CC[C@@H]2[C@H](C1)OC(=O)N2C(=O)OC(C)(C)C. The summed E-state index contributed by atoms with van der Waals surface area (Å²) < 4.78 is 15.4. The zero-order chi connectivity index (χ0) is 16.5. The predicted molar refractivity (Wildman–Crippen MR) is 75.3 cm³/mol. The van der Waals surface area contributed by atoms with Gasteiger partial charge in [0.25, 0.3) is 0 Å². The van der Waals surface area contributed by atoms with E-state index in [4.69, 9.17) is 14.2 Å². The van der Waals surface area contributed by atoms with Crippen molar-refractivity contribution >= 4 is 18.3 Å². The average Bonchev–Trinajstić information content (AvgIpc) is 2.71. The minimum atomic E-state index is -0.727. The molecule has 0 aromatic rings. The summed E-state index contributed by atoms with van der Waals surface area (Å²) in [5, 5.41) is 0. The fraction of sp³-hybridized carbons (Fsp3) is 0.786. The number of rotatable bonds is 1. The van der Waals surface area contributed by atoms with Gasteiger partial charge in [-0.2, -0.15) is 0 Å². The van der Waals surface area contributed by atoms with Crippen molar-refractivity contribution in [3.8, 4) is 0 Å². The van der Waals surface area contributed by atoms with Crippen molar-refractivity contribution in [2.24, 2.45) is 0 Å². The molecule has 2 heterocycles. The van der Waals surface area contributed by atoms with Crippen LogP contribution in [0.4, 0.5) is 14.4 Å². The molecule has 2 fully saturated rings. The number of piperidine rings is 1. The van der Waals surface area contributed by atoms with E-state index in [1.807, 2.05) is 0 Å². The number of nitrogens with zero attached hydrogens (tertiary/aromatic N) is 2. The minimum absolute atomic E-state index is 0.217. The molecule has 0 aromatic heterocycles. The molecular weight excluding hydrogens is 292 g/mol. The number of imide groups is 1. The summed E-state index contributed by atoms with van der Waals surface area (Å²) in [5.74, 6) is 0. The minimum Gasteiger partial charge on any atom is -0.450 e. The second-order valence-electron chi connectivity index (χ2n) is 6.27. The number of amides is 3. The summed E-state index contributed by atoms with van der Waals surface area (Å²) in [5.41, 5.74) is -0.693. The molecule has 8 heteroatoms. The van der Waals surface area contributed by atoms with Gasteiger partial charge in [-0.25, -0.2) is 19.3 Å². The number of fused-ring (bicyclic) bond motifs is 1. The fourth-order valence-corrected chi connectivity index (χ4v) is 2.54. The molecule has 0 radical (unpaired) electrons. The monoisotopic (exact) mass is 314 g/mol. The largest absolute Gasteiger partial charge is 0.450 e. The molecule has 0 spiro atoms. The van der Waals surface area contributed by atoms with Crippen LogP contribution in [0.25, 0.3) is 0 Å². The van der Waals surface area contributed by atoms with Gasteiger partial charge in [0.05, 0.1) is 19.2 Å². The molecular formula is C14H22N2O6. The van der Waals surface area contributed by atoms with Crippen LogP contribution in [0, 0.1) is 0 Å². The van der Waals surface area contributed by atoms with Crippen LogP contribution < -0.4 is 0 Å². The van der Waals surface area contributed by atoms with Gasteiger partial charge in [0, 0.05) is 6.54 Å². The van der Waals surface area contributed by atoms with Gasteiger partial charge in [0.15, 0.2) is 0 Å². The highest BCUT2D eigenvalue weighted by Gasteiger charge is 2.50. The summed E-state index contributed by atoms with van der Waals surface area (Å²) in [4.78, 5) is 38.3.